The normalized spacial score (nSPS) is 17.7. The van der Waals surface area contributed by atoms with Crippen molar-refractivity contribution in [2.24, 2.45) is 5.92 Å². The lowest BCUT2D eigenvalue weighted by molar-refractivity contribution is 0.176. The molecule has 2 aliphatic rings. The van der Waals surface area contributed by atoms with Crippen LogP contribution in [0, 0.1) is 5.92 Å². The van der Waals surface area contributed by atoms with E-state index in [9.17, 15) is 4.79 Å². The maximum atomic E-state index is 13.0. The number of piperidine rings is 1. The number of hydrogen-bond donors (Lipinski definition) is 2. The highest BCUT2D eigenvalue weighted by Gasteiger charge is 2.37. The van der Waals surface area contributed by atoms with Crippen molar-refractivity contribution >= 4 is 28.5 Å². The number of nitrogens with one attached hydrogen (secondary N) is 2. The van der Waals surface area contributed by atoms with E-state index in [1.54, 1.807) is 0 Å². The standard InChI is InChI=1S/C24H25ClN8O/c25-17-3-5-18(6-4-17)33-14-20(19-7-10-26-13-21(19)33)15-8-11-32(12-9-15)24(34)27-22(16-1-2-16)23-28-30-31-29-23/h3-7,10,13-16,22H,1-2,8-9,11-12H2,(H,27,34)(H,28,29,30,31). The summed E-state index contributed by atoms with van der Waals surface area (Å²) < 4.78 is 2.18. The number of fused-ring (bicyclic) bond motifs is 1. The van der Waals surface area contributed by atoms with Crippen molar-refractivity contribution in [1.29, 1.82) is 0 Å². The van der Waals surface area contributed by atoms with Crippen LogP contribution in [0.1, 0.15) is 49.0 Å². The Labute approximate surface area is 201 Å². The molecule has 0 radical (unpaired) electrons. The van der Waals surface area contributed by atoms with Crippen molar-refractivity contribution in [1.82, 2.24) is 40.4 Å². The number of nitrogens with zero attached hydrogens (tertiary/aromatic N) is 6. The first-order valence-corrected chi connectivity index (χ1v) is 12.0. The number of urea groups is 1. The number of carbonyl (C=O) groups excluding carboxylic acids is 1. The Morgan fingerprint density at radius 1 is 1.12 bits per heavy atom. The fourth-order valence-electron chi connectivity index (χ4n) is 4.98. The average Bonchev–Trinajstić information content (AvgIpc) is 3.42. The second-order valence-electron chi connectivity index (χ2n) is 9.12. The Kier molecular flexibility index (Phi) is 5.41. The Bertz CT molecular complexity index is 1290. The number of aromatic nitrogens is 6. The number of pyridine rings is 1. The van der Waals surface area contributed by atoms with Crippen LogP contribution in [0.5, 0.6) is 0 Å². The van der Waals surface area contributed by atoms with Crippen LogP contribution in [0.25, 0.3) is 16.6 Å². The van der Waals surface area contributed by atoms with Crippen molar-refractivity contribution in [2.45, 2.75) is 37.6 Å². The van der Waals surface area contributed by atoms with E-state index in [-0.39, 0.29) is 12.1 Å². The molecular formula is C24H25ClN8O. The van der Waals surface area contributed by atoms with Gasteiger partial charge in [-0.1, -0.05) is 16.8 Å². The summed E-state index contributed by atoms with van der Waals surface area (Å²) in [5.41, 5.74) is 3.43. The van der Waals surface area contributed by atoms with E-state index in [1.165, 1.54) is 10.9 Å². The molecular weight excluding hydrogens is 452 g/mol. The number of aromatic amines is 1. The molecule has 4 heterocycles. The number of amides is 2. The molecule has 1 aromatic carbocycles. The number of rotatable bonds is 5. The second kappa shape index (κ2) is 8.72. The van der Waals surface area contributed by atoms with Crippen LogP contribution in [-0.4, -0.2) is 54.2 Å². The maximum absolute atomic E-state index is 13.0. The van der Waals surface area contributed by atoms with E-state index in [2.05, 4.69) is 47.8 Å². The molecule has 2 fully saturated rings. The summed E-state index contributed by atoms with van der Waals surface area (Å²) in [7, 11) is 0. The van der Waals surface area contributed by atoms with E-state index < -0.39 is 0 Å². The number of halogens is 1. The van der Waals surface area contributed by atoms with E-state index in [4.69, 9.17) is 11.6 Å². The van der Waals surface area contributed by atoms with E-state index in [0.717, 1.165) is 36.9 Å². The van der Waals surface area contributed by atoms with E-state index in [0.29, 0.717) is 35.8 Å². The summed E-state index contributed by atoms with van der Waals surface area (Å²) in [6, 6.07) is 9.71. The van der Waals surface area contributed by atoms with Gasteiger partial charge in [0.15, 0.2) is 5.82 Å². The molecule has 1 aliphatic heterocycles. The Morgan fingerprint density at radius 3 is 2.62 bits per heavy atom. The number of tetrazole rings is 1. The molecule has 4 aromatic rings. The highest BCUT2D eigenvalue weighted by atomic mass is 35.5. The third kappa shape index (κ3) is 4.00. The SMILES string of the molecule is O=C(NC(c1nn[nH]n1)C1CC1)N1CCC(c2cn(-c3ccc(Cl)cc3)c3cnccc23)CC1. The zero-order valence-electron chi connectivity index (χ0n) is 18.6. The Balaban J connectivity index is 1.18. The first-order chi connectivity index (χ1) is 16.7. The molecule has 10 heteroatoms. The molecule has 2 amide bonds. The van der Waals surface area contributed by atoms with Gasteiger partial charge in [0, 0.05) is 41.6 Å². The first-order valence-electron chi connectivity index (χ1n) is 11.7. The van der Waals surface area contributed by atoms with Gasteiger partial charge in [0.2, 0.25) is 0 Å². The summed E-state index contributed by atoms with van der Waals surface area (Å²) in [6.07, 6.45) is 9.94. The number of benzene rings is 1. The summed E-state index contributed by atoms with van der Waals surface area (Å²) in [4.78, 5) is 19.3. The number of likely N-dealkylation sites (tertiary alicyclic amines) is 1. The van der Waals surface area contributed by atoms with Gasteiger partial charge < -0.3 is 14.8 Å². The van der Waals surface area contributed by atoms with Gasteiger partial charge in [-0.2, -0.15) is 5.21 Å². The predicted molar refractivity (Wildman–Crippen MR) is 128 cm³/mol. The molecule has 1 saturated heterocycles. The van der Waals surface area contributed by atoms with Gasteiger partial charge in [0.25, 0.3) is 0 Å². The average molecular weight is 477 g/mol. The summed E-state index contributed by atoms with van der Waals surface area (Å²) in [5, 5.41) is 19.4. The minimum Gasteiger partial charge on any atom is -0.328 e. The summed E-state index contributed by atoms with van der Waals surface area (Å²) in [5.74, 6) is 1.33. The third-order valence-electron chi connectivity index (χ3n) is 6.98. The van der Waals surface area contributed by atoms with Gasteiger partial charge in [-0.15, -0.1) is 10.2 Å². The fraction of sp³-hybridized carbons (Fsp3) is 0.375. The van der Waals surface area contributed by atoms with E-state index >= 15 is 0 Å². The molecule has 3 aromatic heterocycles. The molecule has 174 valence electrons. The van der Waals surface area contributed by atoms with Gasteiger partial charge in [-0.05, 0) is 73.4 Å². The quantitative estimate of drug-likeness (QED) is 0.448. The Hall–Kier alpha value is -3.46. The lowest BCUT2D eigenvalue weighted by Gasteiger charge is -2.33. The minimum absolute atomic E-state index is 0.0482. The van der Waals surface area contributed by atoms with Crippen molar-refractivity contribution in [3.8, 4) is 5.69 Å². The molecule has 1 saturated carbocycles. The predicted octanol–water partition coefficient (Wildman–Crippen LogP) is 4.23. The molecule has 34 heavy (non-hydrogen) atoms. The Morgan fingerprint density at radius 2 is 1.91 bits per heavy atom. The third-order valence-corrected chi connectivity index (χ3v) is 7.23. The molecule has 2 N–H and O–H groups in total. The highest BCUT2D eigenvalue weighted by Crippen LogP contribution is 2.40. The van der Waals surface area contributed by atoms with Crippen molar-refractivity contribution in [2.75, 3.05) is 13.1 Å². The van der Waals surface area contributed by atoms with Crippen LogP contribution in [0.3, 0.4) is 0 Å². The van der Waals surface area contributed by atoms with Gasteiger partial charge in [0.1, 0.15) is 0 Å². The molecule has 6 rings (SSSR count). The molecule has 1 unspecified atom stereocenters. The topological polar surface area (TPSA) is 105 Å². The number of carbonyl (C=O) groups is 1. The fourth-order valence-corrected chi connectivity index (χ4v) is 5.11. The summed E-state index contributed by atoms with van der Waals surface area (Å²) >= 11 is 6.09. The van der Waals surface area contributed by atoms with Crippen LogP contribution in [0.15, 0.2) is 48.9 Å². The van der Waals surface area contributed by atoms with Crippen LogP contribution in [0.4, 0.5) is 4.79 Å². The minimum atomic E-state index is -0.172. The van der Waals surface area contributed by atoms with Gasteiger partial charge >= 0.3 is 6.03 Å². The maximum Gasteiger partial charge on any atom is 0.317 e. The molecule has 9 nitrogen and oxygen atoms in total. The molecule has 1 aliphatic carbocycles. The van der Waals surface area contributed by atoms with Crippen LogP contribution in [0.2, 0.25) is 5.02 Å². The van der Waals surface area contributed by atoms with Gasteiger partial charge in [-0.3, -0.25) is 4.98 Å². The number of hydrogen-bond acceptors (Lipinski definition) is 5. The zero-order valence-corrected chi connectivity index (χ0v) is 19.3. The largest absolute Gasteiger partial charge is 0.328 e. The smallest absolute Gasteiger partial charge is 0.317 e. The monoisotopic (exact) mass is 476 g/mol. The van der Waals surface area contributed by atoms with Crippen LogP contribution in [-0.2, 0) is 0 Å². The van der Waals surface area contributed by atoms with Crippen LogP contribution < -0.4 is 5.32 Å². The van der Waals surface area contributed by atoms with Gasteiger partial charge in [-0.25, -0.2) is 4.79 Å². The van der Waals surface area contributed by atoms with Gasteiger partial charge in [0.05, 0.1) is 17.8 Å². The zero-order chi connectivity index (χ0) is 23.1. The first kappa shape index (κ1) is 21.1. The van der Waals surface area contributed by atoms with Crippen molar-refractivity contribution in [3.05, 3.63) is 65.3 Å². The lowest BCUT2D eigenvalue weighted by atomic mass is 9.89. The highest BCUT2D eigenvalue weighted by molar-refractivity contribution is 6.30. The number of H-pyrrole nitrogens is 1. The summed E-state index contributed by atoms with van der Waals surface area (Å²) in [6.45, 7) is 1.41. The molecule has 1 atom stereocenters. The molecule has 0 bridgehead atoms. The van der Waals surface area contributed by atoms with E-state index in [1.807, 2.05) is 41.6 Å². The van der Waals surface area contributed by atoms with Crippen LogP contribution >= 0.6 is 11.6 Å². The second-order valence-corrected chi connectivity index (χ2v) is 9.56. The molecule has 0 spiro atoms. The van der Waals surface area contributed by atoms with Crippen molar-refractivity contribution in [3.63, 3.8) is 0 Å². The van der Waals surface area contributed by atoms with Crippen molar-refractivity contribution < 1.29 is 4.79 Å². The lowest BCUT2D eigenvalue weighted by Crippen LogP contribution is -2.45.